The molecule has 0 spiro atoms. The predicted molar refractivity (Wildman–Crippen MR) is 196 cm³/mol. The number of carbonyl (C=O) groups is 2. The van der Waals surface area contributed by atoms with E-state index in [-0.39, 0.29) is 37.1 Å². The molecule has 1 saturated heterocycles. The fraction of sp³-hybridized carbons (Fsp3) is 0.410. The Morgan fingerprint density at radius 1 is 0.962 bits per heavy atom. The standard InChI is InChI=1S/C39H48N5O7P/c1-27(2)43(28(3)4)52(48-24-16-23-40)51-33-25-34(44(47-6)26-29(5)37(45)42-38(44)46)49-35(33)36(41)50-39(30-17-10-7-11-18-30,31-19-12-8-13-20-31)32-21-14-9-15-22-32/h7-15,17-22,26-28,33-36H,16,24-25,41H2,1-6H3/p+1/t33-,34+,35-,36?,44?,52?/m0/s1. The maximum Gasteiger partial charge on any atom is 0.463 e. The summed E-state index contributed by atoms with van der Waals surface area (Å²) in [5, 5.41) is 11.7. The molecule has 3 unspecified atom stereocenters. The highest BCUT2D eigenvalue weighted by molar-refractivity contribution is 7.44. The Hall–Kier alpha value is -3.86. The molecule has 6 atom stereocenters. The number of nitriles is 1. The first-order chi connectivity index (χ1) is 25.0. The van der Waals surface area contributed by atoms with Crippen LogP contribution in [-0.4, -0.2) is 71.7 Å². The van der Waals surface area contributed by atoms with Gasteiger partial charge in [0.15, 0.2) is 0 Å². The molecule has 276 valence electrons. The normalized spacial score (nSPS) is 23.4. The molecule has 0 saturated carbocycles. The Balaban J connectivity index is 1.62. The van der Waals surface area contributed by atoms with Crippen LogP contribution in [0.4, 0.5) is 4.79 Å². The van der Waals surface area contributed by atoms with Gasteiger partial charge >= 0.3 is 6.03 Å². The third kappa shape index (κ3) is 8.04. The van der Waals surface area contributed by atoms with Crippen molar-refractivity contribution in [2.75, 3.05) is 13.7 Å². The summed E-state index contributed by atoms with van der Waals surface area (Å²) in [5.41, 5.74) is 8.81. The molecule has 3 amide bonds. The number of ether oxygens (including phenoxy) is 2. The summed E-state index contributed by atoms with van der Waals surface area (Å²) >= 11 is 0. The van der Waals surface area contributed by atoms with Crippen LogP contribution in [0, 0.1) is 11.3 Å². The molecular formula is C39H49N5O7P+. The van der Waals surface area contributed by atoms with Crippen molar-refractivity contribution < 1.29 is 37.6 Å². The topological polar surface area (TPSA) is 145 Å². The number of hydrogen-bond donors (Lipinski definition) is 2. The smallest absolute Gasteiger partial charge is 0.340 e. The number of rotatable bonds is 16. The number of urea groups is 1. The number of amides is 3. The minimum atomic E-state index is -1.75. The van der Waals surface area contributed by atoms with E-state index >= 15 is 0 Å². The second kappa shape index (κ2) is 17.3. The second-order valence-electron chi connectivity index (χ2n) is 13.3. The number of nitrogens with one attached hydrogen (secondary N) is 1. The highest BCUT2D eigenvalue weighted by Gasteiger charge is 2.59. The first-order valence-electron chi connectivity index (χ1n) is 17.5. The van der Waals surface area contributed by atoms with Crippen molar-refractivity contribution in [3.8, 4) is 6.07 Å². The Kier molecular flexibility index (Phi) is 13.1. The molecular weight excluding hydrogens is 681 g/mol. The van der Waals surface area contributed by atoms with Gasteiger partial charge in [-0.3, -0.25) is 4.79 Å². The van der Waals surface area contributed by atoms with Gasteiger partial charge in [-0.25, -0.2) is 14.8 Å². The lowest BCUT2D eigenvalue weighted by Crippen LogP contribution is -2.62. The van der Waals surface area contributed by atoms with Gasteiger partial charge in [-0.2, -0.15) is 10.1 Å². The Morgan fingerprint density at radius 2 is 1.48 bits per heavy atom. The van der Waals surface area contributed by atoms with Crippen LogP contribution >= 0.6 is 8.53 Å². The maximum absolute atomic E-state index is 13.6. The summed E-state index contributed by atoms with van der Waals surface area (Å²) < 4.78 is 28.4. The van der Waals surface area contributed by atoms with Crippen LogP contribution in [0.3, 0.4) is 0 Å². The summed E-state index contributed by atoms with van der Waals surface area (Å²) in [4.78, 5) is 31.9. The number of quaternary nitrogens is 1. The van der Waals surface area contributed by atoms with E-state index in [1.165, 1.54) is 13.3 Å². The van der Waals surface area contributed by atoms with Crippen LogP contribution in [0.15, 0.2) is 103 Å². The summed E-state index contributed by atoms with van der Waals surface area (Å²) in [6, 6.07) is 31.0. The fourth-order valence-electron chi connectivity index (χ4n) is 6.86. The fourth-order valence-corrected chi connectivity index (χ4v) is 8.60. The van der Waals surface area contributed by atoms with Crippen LogP contribution in [0.25, 0.3) is 0 Å². The third-order valence-corrected chi connectivity index (χ3v) is 11.3. The van der Waals surface area contributed by atoms with Gasteiger partial charge in [0.2, 0.25) is 6.23 Å². The summed E-state index contributed by atoms with van der Waals surface area (Å²) in [7, 11) is -0.373. The van der Waals surface area contributed by atoms with Gasteiger partial charge in [0.05, 0.1) is 38.2 Å². The molecule has 0 aliphatic carbocycles. The molecule has 2 aliphatic heterocycles. The van der Waals surface area contributed by atoms with Gasteiger partial charge in [0, 0.05) is 12.1 Å². The SMILES string of the molecule is CO[N+]1([C@H]2C[C@H](OP(OCCC#N)N(C(C)C)C(C)C)[C@@H](C(N)OC(c3ccccc3)(c3ccccc3)c3ccccc3)O2)C=C(C)C(=O)NC1=O. The van der Waals surface area contributed by atoms with Crippen molar-refractivity contribution in [3.63, 3.8) is 0 Å². The zero-order valence-electron chi connectivity index (χ0n) is 30.5. The molecule has 12 nitrogen and oxygen atoms in total. The zero-order chi connectivity index (χ0) is 37.5. The van der Waals surface area contributed by atoms with Crippen LogP contribution in [-0.2, 0) is 33.8 Å². The van der Waals surface area contributed by atoms with Gasteiger partial charge < -0.3 is 24.3 Å². The molecule has 13 heteroatoms. The number of imide groups is 1. The van der Waals surface area contributed by atoms with Crippen LogP contribution < -0.4 is 11.1 Å². The molecule has 3 N–H and O–H groups in total. The Bertz CT molecular complexity index is 1620. The highest BCUT2D eigenvalue weighted by Crippen LogP contribution is 2.51. The lowest BCUT2D eigenvalue weighted by molar-refractivity contribution is -1.03. The molecule has 3 aromatic rings. The zero-order valence-corrected chi connectivity index (χ0v) is 31.4. The van der Waals surface area contributed by atoms with E-state index in [0.29, 0.717) is 0 Å². The van der Waals surface area contributed by atoms with E-state index in [1.54, 1.807) is 6.92 Å². The number of benzene rings is 3. The quantitative estimate of drug-likeness (QED) is 0.0545. The first kappa shape index (κ1) is 39.3. The van der Waals surface area contributed by atoms with Crippen molar-refractivity contribution in [3.05, 3.63) is 119 Å². The van der Waals surface area contributed by atoms with Crippen LogP contribution in [0.1, 0.15) is 64.2 Å². The van der Waals surface area contributed by atoms with E-state index in [0.717, 1.165) is 16.7 Å². The number of nitrogens with zero attached hydrogens (tertiary/aromatic N) is 3. The van der Waals surface area contributed by atoms with E-state index in [9.17, 15) is 14.9 Å². The Labute approximate surface area is 307 Å². The number of hydroxylamine groups is 3. The van der Waals surface area contributed by atoms with Gasteiger partial charge in [0.1, 0.15) is 30.2 Å². The molecule has 3 aromatic carbocycles. The van der Waals surface area contributed by atoms with E-state index in [4.69, 9.17) is 29.1 Å². The summed E-state index contributed by atoms with van der Waals surface area (Å²) in [6.45, 7) is 9.96. The number of hydrogen-bond acceptors (Lipinski definition) is 10. The molecule has 2 heterocycles. The maximum atomic E-state index is 13.6. The molecule has 5 rings (SSSR count). The van der Waals surface area contributed by atoms with E-state index in [2.05, 4.69) is 16.1 Å². The minimum Gasteiger partial charge on any atom is -0.340 e. The van der Waals surface area contributed by atoms with Crippen LogP contribution in [0.2, 0.25) is 0 Å². The molecule has 52 heavy (non-hydrogen) atoms. The van der Waals surface area contributed by atoms with Crippen molar-refractivity contribution in [1.82, 2.24) is 9.99 Å². The van der Waals surface area contributed by atoms with Gasteiger partial charge in [-0.1, -0.05) is 91.0 Å². The monoisotopic (exact) mass is 730 g/mol. The van der Waals surface area contributed by atoms with Crippen molar-refractivity contribution in [2.24, 2.45) is 5.73 Å². The van der Waals surface area contributed by atoms with Gasteiger partial charge in [-0.05, 0) is 56.0 Å². The van der Waals surface area contributed by atoms with E-state index in [1.807, 2.05) is 119 Å². The minimum absolute atomic E-state index is 0.0263. The lowest BCUT2D eigenvalue weighted by atomic mass is 9.80. The largest absolute Gasteiger partial charge is 0.463 e. The summed E-state index contributed by atoms with van der Waals surface area (Å²) in [6.07, 6.45) is -2.12. The molecule has 0 bridgehead atoms. The average molecular weight is 731 g/mol. The van der Waals surface area contributed by atoms with E-state index < -0.39 is 55.4 Å². The summed E-state index contributed by atoms with van der Waals surface area (Å²) in [5.74, 6) is -0.518. The number of nitrogens with two attached hydrogens (primary N) is 1. The Morgan fingerprint density at radius 3 is 1.94 bits per heavy atom. The van der Waals surface area contributed by atoms with Gasteiger partial charge in [0.25, 0.3) is 14.4 Å². The highest BCUT2D eigenvalue weighted by atomic mass is 31.2. The van der Waals surface area contributed by atoms with Gasteiger partial charge in [-0.15, -0.1) is 0 Å². The third-order valence-electron chi connectivity index (χ3n) is 9.19. The molecule has 1 fully saturated rings. The first-order valence-corrected chi connectivity index (χ1v) is 18.6. The number of carbonyl (C=O) groups excluding carboxylic acids is 2. The second-order valence-corrected chi connectivity index (χ2v) is 14.7. The predicted octanol–water partition coefficient (Wildman–Crippen LogP) is 6.59. The molecule has 0 aromatic heterocycles. The van der Waals surface area contributed by atoms with Crippen molar-refractivity contribution in [2.45, 2.75) is 89.8 Å². The van der Waals surface area contributed by atoms with Crippen LogP contribution in [0.5, 0.6) is 0 Å². The van der Waals surface area contributed by atoms with Crippen molar-refractivity contribution >= 4 is 20.5 Å². The van der Waals surface area contributed by atoms with Crippen molar-refractivity contribution in [1.29, 1.82) is 5.26 Å². The molecule has 2 aliphatic rings. The average Bonchev–Trinajstić information content (AvgIpc) is 3.57. The lowest BCUT2D eigenvalue weighted by Gasteiger charge is -2.41. The molecule has 0 radical (unpaired) electrons.